The summed E-state index contributed by atoms with van der Waals surface area (Å²) in [6.45, 7) is 17.8. The third kappa shape index (κ3) is 7.74. The highest BCUT2D eigenvalue weighted by atomic mass is 16.5. The number of hydrogen-bond donors (Lipinski definition) is 1. The number of esters is 2. The van der Waals surface area contributed by atoms with Crippen molar-refractivity contribution in [3.05, 3.63) is 11.4 Å². The Morgan fingerprint density at radius 1 is 1.05 bits per heavy atom. The molecule has 0 unspecified atom stereocenters. The molecule has 0 fully saturated rings. The number of carbonyl (C=O) groups excluding carboxylic acids is 2. The molecule has 0 aliphatic carbocycles. The van der Waals surface area contributed by atoms with Gasteiger partial charge in [-0.05, 0) is 27.7 Å². The fourth-order valence-corrected chi connectivity index (χ4v) is 0.763. The first kappa shape index (κ1) is 20.7. The maximum atomic E-state index is 11.0. The third-order valence-electron chi connectivity index (χ3n) is 2.39. The van der Waals surface area contributed by atoms with E-state index in [1.54, 1.807) is 27.7 Å². The van der Waals surface area contributed by atoms with E-state index in [0.29, 0.717) is 19.8 Å². The molecule has 6 heteroatoms. The number of hydrogen-bond acceptors (Lipinski definition) is 5. The van der Waals surface area contributed by atoms with Gasteiger partial charge in [0.05, 0.1) is 18.6 Å². The molecule has 116 valence electrons. The molecule has 0 radical (unpaired) electrons. The lowest BCUT2D eigenvalue weighted by molar-refractivity contribution is -0.152. The van der Waals surface area contributed by atoms with E-state index in [1.807, 2.05) is 0 Å². The predicted molar refractivity (Wildman–Crippen MR) is 76.8 cm³/mol. The van der Waals surface area contributed by atoms with Crippen molar-refractivity contribution in [1.29, 1.82) is 0 Å². The lowest BCUT2D eigenvalue weighted by Gasteiger charge is -2.19. The van der Waals surface area contributed by atoms with Crippen molar-refractivity contribution in [2.24, 2.45) is 11.1 Å². The summed E-state index contributed by atoms with van der Waals surface area (Å²) in [5, 5.41) is 0. The van der Waals surface area contributed by atoms with E-state index >= 15 is 0 Å². The van der Waals surface area contributed by atoms with Crippen molar-refractivity contribution in [3.63, 3.8) is 0 Å². The predicted octanol–water partition coefficient (Wildman–Crippen LogP) is 1.78. The minimum Gasteiger partial charge on any atom is -0.466 e. The summed E-state index contributed by atoms with van der Waals surface area (Å²) in [7, 11) is 0. The lowest BCUT2D eigenvalue weighted by atomic mass is 9.94. The van der Waals surface area contributed by atoms with Gasteiger partial charge in [0.2, 0.25) is 0 Å². The van der Waals surface area contributed by atoms with Crippen LogP contribution in [0.25, 0.3) is 4.85 Å². The fourth-order valence-electron chi connectivity index (χ4n) is 0.763. The van der Waals surface area contributed by atoms with E-state index in [2.05, 4.69) is 9.58 Å². The molecule has 0 bridgehead atoms. The molecule has 0 aromatic carbocycles. The van der Waals surface area contributed by atoms with Crippen LogP contribution in [0.15, 0.2) is 0 Å². The molecule has 0 aromatic rings. The largest absolute Gasteiger partial charge is 0.466 e. The van der Waals surface area contributed by atoms with Crippen molar-refractivity contribution in [2.75, 3.05) is 19.8 Å². The number of nitrogens with two attached hydrogens (primary N) is 1. The van der Waals surface area contributed by atoms with Crippen LogP contribution in [-0.4, -0.2) is 37.2 Å². The Bertz CT molecular complexity index is 357. The van der Waals surface area contributed by atoms with Gasteiger partial charge in [-0.25, -0.2) is 11.4 Å². The van der Waals surface area contributed by atoms with E-state index in [9.17, 15) is 9.59 Å². The Kier molecular flexibility index (Phi) is 9.65. The van der Waals surface area contributed by atoms with Gasteiger partial charge in [-0.2, -0.15) is 0 Å². The van der Waals surface area contributed by atoms with Crippen LogP contribution in [0.5, 0.6) is 0 Å². The van der Waals surface area contributed by atoms with Crippen LogP contribution >= 0.6 is 0 Å². The first-order valence-corrected chi connectivity index (χ1v) is 6.52. The summed E-state index contributed by atoms with van der Waals surface area (Å²) in [6, 6.07) is 0. The van der Waals surface area contributed by atoms with Crippen molar-refractivity contribution in [2.45, 2.75) is 47.1 Å². The zero-order chi connectivity index (χ0) is 16.4. The van der Waals surface area contributed by atoms with Gasteiger partial charge in [-0.1, -0.05) is 0 Å². The Hall–Kier alpha value is -1.61. The van der Waals surface area contributed by atoms with Crippen LogP contribution in [0.3, 0.4) is 0 Å². The molecule has 0 aromatic heterocycles. The molecule has 20 heavy (non-hydrogen) atoms. The maximum Gasteiger partial charge on any atom is 0.392 e. The summed E-state index contributed by atoms with van der Waals surface area (Å²) in [4.78, 5) is 25.0. The van der Waals surface area contributed by atoms with Crippen molar-refractivity contribution >= 4 is 11.9 Å². The average molecular weight is 286 g/mol. The van der Waals surface area contributed by atoms with Gasteiger partial charge in [0, 0.05) is 20.4 Å². The van der Waals surface area contributed by atoms with Gasteiger partial charge in [0.25, 0.3) is 0 Å². The highest BCUT2D eigenvalue weighted by molar-refractivity contribution is 5.81. The number of nitrogens with zero attached hydrogens (tertiary/aromatic N) is 1. The van der Waals surface area contributed by atoms with Crippen molar-refractivity contribution in [1.82, 2.24) is 0 Å². The Labute approximate surface area is 121 Å². The number of ether oxygens (including phenoxy) is 2. The summed E-state index contributed by atoms with van der Waals surface area (Å²) in [6.07, 6.45) is 0. The average Bonchev–Trinajstić information content (AvgIpc) is 2.40. The molecule has 0 atom stereocenters. The summed E-state index contributed by atoms with van der Waals surface area (Å²) < 4.78 is 9.42. The SMILES string of the molecule is CCOC(=O)C(C)(C)CN.[C-]#[N+]C(C)(C)C(=O)OCC. The molecule has 6 nitrogen and oxygen atoms in total. The van der Waals surface area contributed by atoms with Crippen molar-refractivity contribution < 1.29 is 19.1 Å². The van der Waals surface area contributed by atoms with Crippen LogP contribution in [-0.2, 0) is 19.1 Å². The van der Waals surface area contributed by atoms with E-state index in [-0.39, 0.29) is 5.97 Å². The van der Waals surface area contributed by atoms with Gasteiger partial charge >= 0.3 is 17.5 Å². The van der Waals surface area contributed by atoms with E-state index in [4.69, 9.17) is 17.0 Å². The lowest BCUT2D eigenvalue weighted by Crippen LogP contribution is -2.34. The molecule has 0 saturated carbocycles. The molecular formula is C14H26N2O4. The van der Waals surface area contributed by atoms with Gasteiger partial charge in [0.1, 0.15) is 0 Å². The Balaban J connectivity index is 0. The number of rotatable bonds is 5. The maximum absolute atomic E-state index is 11.0. The Morgan fingerprint density at radius 3 is 1.75 bits per heavy atom. The Morgan fingerprint density at radius 2 is 1.45 bits per heavy atom. The van der Waals surface area contributed by atoms with Gasteiger partial charge < -0.3 is 15.2 Å². The van der Waals surface area contributed by atoms with Crippen LogP contribution in [0.2, 0.25) is 0 Å². The minimum atomic E-state index is -1.02. The highest BCUT2D eigenvalue weighted by Gasteiger charge is 2.35. The minimum absolute atomic E-state index is 0.225. The molecule has 0 rings (SSSR count). The first-order valence-electron chi connectivity index (χ1n) is 6.52. The highest BCUT2D eigenvalue weighted by Crippen LogP contribution is 2.14. The van der Waals surface area contributed by atoms with Crippen LogP contribution < -0.4 is 5.73 Å². The molecular weight excluding hydrogens is 260 g/mol. The molecule has 2 N–H and O–H groups in total. The standard InChI is InChI=1S/C7H11NO2.C7H15NO2/c1-5-10-6(9)7(2,3)8-4;1-4-10-6(9)7(2,3)5-8/h5H2,1-3H3;4-5,8H2,1-3H3. The monoisotopic (exact) mass is 286 g/mol. The van der Waals surface area contributed by atoms with E-state index in [1.165, 1.54) is 13.8 Å². The first-order chi connectivity index (χ1) is 9.08. The van der Waals surface area contributed by atoms with Crippen LogP contribution in [0.4, 0.5) is 0 Å². The second-order valence-electron chi connectivity index (χ2n) is 5.20. The van der Waals surface area contributed by atoms with Gasteiger partial charge in [-0.15, -0.1) is 0 Å². The normalized spacial score (nSPS) is 10.7. The molecule has 0 amide bonds. The summed E-state index contributed by atoms with van der Waals surface area (Å²) in [5.74, 6) is -0.678. The van der Waals surface area contributed by atoms with Crippen LogP contribution in [0, 0.1) is 12.0 Å². The van der Waals surface area contributed by atoms with Crippen LogP contribution in [0.1, 0.15) is 41.5 Å². The van der Waals surface area contributed by atoms with E-state index < -0.39 is 16.9 Å². The molecule has 0 saturated heterocycles. The van der Waals surface area contributed by atoms with Crippen molar-refractivity contribution in [3.8, 4) is 0 Å². The van der Waals surface area contributed by atoms with E-state index in [0.717, 1.165) is 0 Å². The second-order valence-corrected chi connectivity index (χ2v) is 5.20. The number of carbonyl (C=O) groups is 2. The topological polar surface area (TPSA) is 83.0 Å². The summed E-state index contributed by atoms with van der Waals surface area (Å²) >= 11 is 0. The van der Waals surface area contributed by atoms with Gasteiger partial charge in [-0.3, -0.25) is 9.64 Å². The summed E-state index contributed by atoms with van der Waals surface area (Å²) in [5.41, 5.74) is 3.79. The zero-order valence-electron chi connectivity index (χ0n) is 13.3. The third-order valence-corrected chi connectivity index (χ3v) is 2.39. The fraction of sp³-hybridized carbons (Fsp3) is 0.786. The zero-order valence-corrected chi connectivity index (χ0v) is 13.3. The van der Waals surface area contributed by atoms with Gasteiger partial charge in [0.15, 0.2) is 0 Å². The molecule has 0 heterocycles. The smallest absolute Gasteiger partial charge is 0.392 e. The molecule has 0 spiro atoms. The second kappa shape index (κ2) is 9.32. The quantitative estimate of drug-likeness (QED) is 0.615. The molecule has 0 aliphatic rings. The molecule has 0 aliphatic heterocycles.